The van der Waals surface area contributed by atoms with Gasteiger partial charge in [-0.25, -0.2) is 4.39 Å². The van der Waals surface area contributed by atoms with Crippen LogP contribution in [0.15, 0.2) is 0 Å². The summed E-state index contributed by atoms with van der Waals surface area (Å²) in [5.74, 6) is 1.13. The van der Waals surface area contributed by atoms with Crippen LogP contribution in [0.1, 0.15) is 25.7 Å². The summed E-state index contributed by atoms with van der Waals surface area (Å²) in [4.78, 5) is 0. The molecular formula is C9H16FN. The van der Waals surface area contributed by atoms with Crippen molar-refractivity contribution in [3.05, 3.63) is 0 Å². The fourth-order valence-corrected chi connectivity index (χ4v) is 2.08. The van der Waals surface area contributed by atoms with Crippen LogP contribution in [0, 0.1) is 11.8 Å². The van der Waals surface area contributed by atoms with Crippen LogP contribution in [0.5, 0.6) is 0 Å². The van der Waals surface area contributed by atoms with Crippen molar-refractivity contribution in [1.29, 1.82) is 0 Å². The molecule has 1 nitrogen and oxygen atoms in total. The predicted octanol–water partition coefficient (Wildman–Crippen LogP) is 1.73. The third-order valence-corrected chi connectivity index (χ3v) is 2.94. The molecule has 2 aliphatic rings. The fraction of sp³-hybridized carbons (Fsp3) is 1.00. The van der Waals surface area contributed by atoms with Gasteiger partial charge in [0.2, 0.25) is 0 Å². The van der Waals surface area contributed by atoms with Gasteiger partial charge in [0.1, 0.15) is 6.17 Å². The molecule has 0 spiro atoms. The van der Waals surface area contributed by atoms with Crippen LogP contribution in [-0.4, -0.2) is 19.3 Å². The quantitative estimate of drug-likeness (QED) is 0.611. The summed E-state index contributed by atoms with van der Waals surface area (Å²) in [7, 11) is 0. The lowest BCUT2D eigenvalue weighted by Gasteiger charge is -2.16. The van der Waals surface area contributed by atoms with Crippen LogP contribution in [-0.2, 0) is 0 Å². The van der Waals surface area contributed by atoms with Crippen molar-refractivity contribution in [2.75, 3.05) is 13.1 Å². The van der Waals surface area contributed by atoms with Crippen molar-refractivity contribution in [1.82, 2.24) is 5.32 Å². The van der Waals surface area contributed by atoms with Crippen LogP contribution in [0.4, 0.5) is 4.39 Å². The molecule has 1 aliphatic carbocycles. The Labute approximate surface area is 67.4 Å². The molecule has 2 heteroatoms. The first-order valence-corrected chi connectivity index (χ1v) is 4.72. The van der Waals surface area contributed by atoms with Crippen LogP contribution < -0.4 is 5.32 Å². The van der Waals surface area contributed by atoms with E-state index in [0.717, 1.165) is 31.8 Å². The van der Waals surface area contributed by atoms with Gasteiger partial charge in [-0.15, -0.1) is 0 Å². The Bertz CT molecular complexity index is 134. The molecule has 64 valence electrons. The van der Waals surface area contributed by atoms with Gasteiger partial charge in [0.25, 0.3) is 0 Å². The molecular weight excluding hydrogens is 141 g/mol. The highest BCUT2D eigenvalue weighted by Crippen LogP contribution is 2.42. The average molecular weight is 157 g/mol. The molecule has 0 amide bonds. The Kier molecular flexibility index (Phi) is 2.12. The van der Waals surface area contributed by atoms with Gasteiger partial charge in [0.05, 0.1) is 0 Å². The number of nitrogens with one attached hydrogen (secondary N) is 1. The van der Waals surface area contributed by atoms with E-state index in [2.05, 4.69) is 5.32 Å². The Hall–Kier alpha value is -0.110. The lowest BCUT2D eigenvalue weighted by atomic mass is 9.94. The molecule has 1 aliphatic heterocycles. The van der Waals surface area contributed by atoms with Gasteiger partial charge in [-0.1, -0.05) is 0 Å². The highest BCUT2D eigenvalue weighted by molar-refractivity contribution is 4.87. The van der Waals surface area contributed by atoms with Gasteiger partial charge in [0, 0.05) is 0 Å². The van der Waals surface area contributed by atoms with E-state index in [1.807, 2.05) is 0 Å². The molecule has 2 fully saturated rings. The maximum Gasteiger partial charge on any atom is 0.104 e. The molecule has 1 heterocycles. The van der Waals surface area contributed by atoms with E-state index in [4.69, 9.17) is 0 Å². The van der Waals surface area contributed by atoms with E-state index >= 15 is 0 Å². The second-order valence-electron chi connectivity index (χ2n) is 3.84. The summed E-state index contributed by atoms with van der Waals surface area (Å²) in [5.41, 5.74) is 0. The Morgan fingerprint density at radius 2 is 1.73 bits per heavy atom. The van der Waals surface area contributed by atoms with Gasteiger partial charge in [-0.3, -0.25) is 0 Å². The third kappa shape index (κ3) is 1.73. The molecule has 2 unspecified atom stereocenters. The zero-order valence-corrected chi connectivity index (χ0v) is 6.85. The Morgan fingerprint density at radius 3 is 2.45 bits per heavy atom. The first-order valence-electron chi connectivity index (χ1n) is 4.72. The Morgan fingerprint density at radius 1 is 1.00 bits per heavy atom. The van der Waals surface area contributed by atoms with Crippen molar-refractivity contribution in [3.63, 3.8) is 0 Å². The van der Waals surface area contributed by atoms with Gasteiger partial charge >= 0.3 is 0 Å². The fourth-order valence-electron chi connectivity index (χ4n) is 2.08. The summed E-state index contributed by atoms with van der Waals surface area (Å²) in [6.45, 7) is 1.91. The second kappa shape index (κ2) is 3.10. The van der Waals surface area contributed by atoms with Crippen LogP contribution in [0.2, 0.25) is 0 Å². The second-order valence-corrected chi connectivity index (χ2v) is 3.84. The summed E-state index contributed by atoms with van der Waals surface area (Å²) in [6, 6.07) is 0. The molecule has 0 aromatic rings. The van der Waals surface area contributed by atoms with Crippen LogP contribution in [0.25, 0.3) is 0 Å². The minimum atomic E-state index is -0.516. The molecule has 0 bridgehead atoms. The zero-order chi connectivity index (χ0) is 7.68. The minimum absolute atomic E-state index is 0.394. The molecule has 2 atom stereocenters. The van der Waals surface area contributed by atoms with Crippen molar-refractivity contribution in [2.45, 2.75) is 31.9 Å². The summed E-state index contributed by atoms with van der Waals surface area (Å²) in [6.07, 6.45) is 3.85. The highest BCUT2D eigenvalue weighted by Gasteiger charge is 2.36. The SMILES string of the molecule is FC1CCNCCC1C1CC1. The topological polar surface area (TPSA) is 12.0 Å². The maximum absolute atomic E-state index is 13.4. The smallest absolute Gasteiger partial charge is 0.104 e. The molecule has 2 rings (SSSR count). The zero-order valence-electron chi connectivity index (χ0n) is 6.85. The number of rotatable bonds is 1. The molecule has 0 aromatic carbocycles. The van der Waals surface area contributed by atoms with Crippen molar-refractivity contribution in [2.24, 2.45) is 11.8 Å². The number of hydrogen-bond acceptors (Lipinski definition) is 1. The molecule has 1 N–H and O–H groups in total. The molecule has 1 saturated carbocycles. The Balaban J connectivity index is 1.91. The van der Waals surface area contributed by atoms with E-state index in [1.165, 1.54) is 12.8 Å². The summed E-state index contributed by atoms with van der Waals surface area (Å²) < 4.78 is 13.4. The summed E-state index contributed by atoms with van der Waals surface area (Å²) in [5, 5.41) is 3.25. The lowest BCUT2D eigenvalue weighted by Crippen LogP contribution is -2.17. The first-order chi connectivity index (χ1) is 5.38. The number of alkyl halides is 1. The van der Waals surface area contributed by atoms with E-state index in [-0.39, 0.29) is 0 Å². The van der Waals surface area contributed by atoms with Crippen molar-refractivity contribution >= 4 is 0 Å². The number of hydrogen-bond donors (Lipinski definition) is 1. The molecule has 0 aromatic heterocycles. The lowest BCUT2D eigenvalue weighted by molar-refractivity contribution is 0.199. The largest absolute Gasteiger partial charge is 0.317 e. The minimum Gasteiger partial charge on any atom is -0.317 e. The average Bonchev–Trinajstić information content (AvgIpc) is 2.74. The van der Waals surface area contributed by atoms with E-state index in [1.54, 1.807) is 0 Å². The molecule has 11 heavy (non-hydrogen) atoms. The predicted molar refractivity (Wildman–Crippen MR) is 43.2 cm³/mol. The maximum atomic E-state index is 13.4. The van der Waals surface area contributed by atoms with Crippen molar-refractivity contribution in [3.8, 4) is 0 Å². The molecule has 1 saturated heterocycles. The van der Waals surface area contributed by atoms with Crippen LogP contribution >= 0.6 is 0 Å². The van der Waals surface area contributed by atoms with Gasteiger partial charge < -0.3 is 5.32 Å². The van der Waals surface area contributed by atoms with Gasteiger partial charge in [-0.2, -0.15) is 0 Å². The van der Waals surface area contributed by atoms with E-state index in [0.29, 0.717) is 5.92 Å². The van der Waals surface area contributed by atoms with Gasteiger partial charge in [0.15, 0.2) is 0 Å². The summed E-state index contributed by atoms with van der Waals surface area (Å²) >= 11 is 0. The molecule has 0 radical (unpaired) electrons. The van der Waals surface area contributed by atoms with Crippen molar-refractivity contribution < 1.29 is 4.39 Å². The highest BCUT2D eigenvalue weighted by atomic mass is 19.1. The van der Waals surface area contributed by atoms with Crippen LogP contribution in [0.3, 0.4) is 0 Å². The third-order valence-electron chi connectivity index (χ3n) is 2.94. The number of halogens is 1. The first kappa shape index (κ1) is 7.53. The van der Waals surface area contributed by atoms with E-state index < -0.39 is 6.17 Å². The monoisotopic (exact) mass is 157 g/mol. The van der Waals surface area contributed by atoms with E-state index in [9.17, 15) is 4.39 Å². The van der Waals surface area contributed by atoms with Gasteiger partial charge in [-0.05, 0) is 50.6 Å². The normalized spacial score (nSPS) is 40.1. The standard InChI is InChI=1S/C9H16FN/c10-9-4-6-11-5-3-8(9)7-1-2-7/h7-9,11H,1-6H2.